The standard InChI is InChI=1S/C19H17F2NO5/c20-19(21)27-16-9-5-4-8-14(16)22-17(24)12-26-18(25)11-10-15(23)13-6-2-1-3-7-13/h1-9,19H,10-12H2,(H,22,24). The van der Waals surface area contributed by atoms with Gasteiger partial charge < -0.3 is 14.8 Å². The van der Waals surface area contributed by atoms with Crippen molar-refractivity contribution in [1.82, 2.24) is 0 Å². The van der Waals surface area contributed by atoms with Crippen LogP contribution in [0.5, 0.6) is 5.75 Å². The second-order valence-electron chi connectivity index (χ2n) is 5.37. The molecule has 0 heterocycles. The Labute approximate surface area is 154 Å². The predicted octanol–water partition coefficient (Wildman–Crippen LogP) is 3.43. The average Bonchev–Trinajstić information content (AvgIpc) is 2.66. The fourth-order valence-electron chi connectivity index (χ4n) is 2.16. The van der Waals surface area contributed by atoms with Gasteiger partial charge in [-0.3, -0.25) is 14.4 Å². The van der Waals surface area contributed by atoms with Crippen LogP contribution < -0.4 is 10.1 Å². The zero-order valence-corrected chi connectivity index (χ0v) is 14.2. The van der Waals surface area contributed by atoms with Crippen molar-refractivity contribution in [3.63, 3.8) is 0 Å². The first-order valence-electron chi connectivity index (χ1n) is 8.03. The number of rotatable bonds is 9. The smallest absolute Gasteiger partial charge is 0.387 e. The lowest BCUT2D eigenvalue weighted by Gasteiger charge is -2.11. The van der Waals surface area contributed by atoms with Gasteiger partial charge in [-0.05, 0) is 12.1 Å². The number of nitrogens with one attached hydrogen (secondary N) is 1. The van der Waals surface area contributed by atoms with E-state index in [0.717, 1.165) is 0 Å². The van der Waals surface area contributed by atoms with Gasteiger partial charge in [0.2, 0.25) is 0 Å². The summed E-state index contributed by atoms with van der Waals surface area (Å²) in [5.41, 5.74) is 0.511. The number of hydrogen-bond donors (Lipinski definition) is 1. The van der Waals surface area contributed by atoms with Crippen molar-refractivity contribution in [2.45, 2.75) is 19.5 Å². The van der Waals surface area contributed by atoms with E-state index in [-0.39, 0.29) is 30.1 Å². The molecule has 0 unspecified atom stereocenters. The fraction of sp³-hybridized carbons (Fsp3) is 0.211. The van der Waals surface area contributed by atoms with Crippen molar-refractivity contribution in [3.05, 3.63) is 60.2 Å². The zero-order valence-electron chi connectivity index (χ0n) is 14.2. The molecule has 0 radical (unpaired) electrons. The van der Waals surface area contributed by atoms with Gasteiger partial charge in [0, 0.05) is 12.0 Å². The number of Topliss-reactive ketones (excluding diaryl/α,β-unsaturated/α-hetero) is 1. The van der Waals surface area contributed by atoms with E-state index in [1.807, 2.05) is 0 Å². The van der Waals surface area contributed by atoms with Crippen molar-refractivity contribution < 1.29 is 32.6 Å². The van der Waals surface area contributed by atoms with E-state index in [2.05, 4.69) is 10.1 Å². The third-order valence-electron chi connectivity index (χ3n) is 3.39. The van der Waals surface area contributed by atoms with Crippen LogP contribution in [-0.4, -0.2) is 30.9 Å². The Bertz CT molecular complexity index is 796. The second-order valence-corrected chi connectivity index (χ2v) is 5.37. The van der Waals surface area contributed by atoms with Crippen molar-refractivity contribution in [2.75, 3.05) is 11.9 Å². The predicted molar refractivity (Wildman–Crippen MR) is 92.7 cm³/mol. The first-order valence-corrected chi connectivity index (χ1v) is 8.03. The van der Waals surface area contributed by atoms with Crippen LogP contribution in [0.25, 0.3) is 0 Å². The van der Waals surface area contributed by atoms with Gasteiger partial charge in [-0.25, -0.2) is 0 Å². The minimum Gasteiger partial charge on any atom is -0.456 e. The minimum absolute atomic E-state index is 0.0260. The van der Waals surface area contributed by atoms with E-state index in [9.17, 15) is 23.2 Å². The van der Waals surface area contributed by atoms with E-state index in [0.29, 0.717) is 5.56 Å². The normalized spacial score (nSPS) is 10.3. The van der Waals surface area contributed by atoms with Crippen LogP contribution >= 0.6 is 0 Å². The number of carbonyl (C=O) groups is 3. The maximum atomic E-state index is 12.3. The van der Waals surface area contributed by atoms with Gasteiger partial charge in [0.25, 0.3) is 5.91 Å². The first kappa shape index (κ1) is 20.0. The number of carbonyl (C=O) groups excluding carboxylic acids is 3. The second kappa shape index (κ2) is 10.0. The molecule has 0 aliphatic heterocycles. The number of halogens is 2. The summed E-state index contributed by atoms with van der Waals surface area (Å²) in [6.07, 6.45) is -0.221. The minimum atomic E-state index is -3.04. The molecule has 0 aliphatic carbocycles. The summed E-state index contributed by atoms with van der Waals surface area (Å²) in [7, 11) is 0. The van der Waals surface area contributed by atoms with Crippen LogP contribution in [0.1, 0.15) is 23.2 Å². The Hall–Kier alpha value is -3.29. The maximum absolute atomic E-state index is 12.3. The number of ether oxygens (including phenoxy) is 2. The van der Waals surface area contributed by atoms with E-state index < -0.39 is 25.1 Å². The van der Waals surface area contributed by atoms with Gasteiger partial charge in [-0.1, -0.05) is 42.5 Å². The molecule has 27 heavy (non-hydrogen) atoms. The molecular formula is C19H17F2NO5. The summed E-state index contributed by atoms with van der Waals surface area (Å²) in [6.45, 7) is -3.65. The van der Waals surface area contributed by atoms with Crippen molar-refractivity contribution >= 4 is 23.3 Å². The molecule has 1 amide bonds. The molecule has 1 N–H and O–H groups in total. The molecule has 2 rings (SSSR count). The van der Waals surface area contributed by atoms with Crippen molar-refractivity contribution in [3.8, 4) is 5.75 Å². The van der Waals surface area contributed by atoms with Crippen LogP contribution in [0.4, 0.5) is 14.5 Å². The van der Waals surface area contributed by atoms with Gasteiger partial charge in [0.15, 0.2) is 12.4 Å². The highest BCUT2D eigenvalue weighted by Gasteiger charge is 2.14. The monoisotopic (exact) mass is 377 g/mol. The average molecular weight is 377 g/mol. The van der Waals surface area contributed by atoms with E-state index in [1.54, 1.807) is 30.3 Å². The molecule has 2 aromatic carbocycles. The summed E-state index contributed by atoms with van der Waals surface area (Å²) in [4.78, 5) is 35.4. The summed E-state index contributed by atoms with van der Waals surface area (Å²) < 4.78 is 33.7. The molecule has 0 atom stereocenters. The summed E-state index contributed by atoms with van der Waals surface area (Å²) in [5.74, 6) is -1.86. The largest absolute Gasteiger partial charge is 0.456 e. The molecule has 0 saturated carbocycles. The SMILES string of the molecule is O=C(COC(=O)CCC(=O)c1ccccc1)Nc1ccccc1OC(F)F. The van der Waals surface area contributed by atoms with Crippen LogP contribution in [0.2, 0.25) is 0 Å². The van der Waals surface area contributed by atoms with E-state index in [4.69, 9.17) is 4.74 Å². The Kier molecular flexibility index (Phi) is 7.42. The molecule has 0 aromatic heterocycles. The van der Waals surface area contributed by atoms with Crippen LogP contribution in [-0.2, 0) is 14.3 Å². The number of amides is 1. The van der Waals surface area contributed by atoms with Gasteiger partial charge >= 0.3 is 12.6 Å². The molecule has 6 nitrogen and oxygen atoms in total. The number of alkyl halides is 2. The Balaban J connectivity index is 1.77. The number of esters is 1. The summed E-state index contributed by atoms with van der Waals surface area (Å²) >= 11 is 0. The molecule has 2 aromatic rings. The zero-order chi connectivity index (χ0) is 19.6. The van der Waals surface area contributed by atoms with E-state index in [1.165, 1.54) is 24.3 Å². The van der Waals surface area contributed by atoms with Gasteiger partial charge in [0.1, 0.15) is 5.75 Å². The summed E-state index contributed by atoms with van der Waals surface area (Å²) in [5, 5.41) is 2.32. The lowest BCUT2D eigenvalue weighted by Crippen LogP contribution is -2.21. The van der Waals surface area contributed by atoms with Crippen LogP contribution in [0.3, 0.4) is 0 Å². The van der Waals surface area contributed by atoms with Crippen molar-refractivity contribution in [2.24, 2.45) is 0 Å². The fourth-order valence-corrected chi connectivity index (χ4v) is 2.16. The number of benzene rings is 2. The first-order chi connectivity index (χ1) is 13.0. The third kappa shape index (κ3) is 6.85. The number of anilines is 1. The molecule has 0 bridgehead atoms. The van der Waals surface area contributed by atoms with Crippen LogP contribution in [0.15, 0.2) is 54.6 Å². The highest BCUT2D eigenvalue weighted by molar-refractivity contribution is 5.98. The third-order valence-corrected chi connectivity index (χ3v) is 3.39. The van der Waals surface area contributed by atoms with Gasteiger partial charge in [-0.15, -0.1) is 0 Å². The maximum Gasteiger partial charge on any atom is 0.387 e. The Morgan fingerprint density at radius 1 is 0.926 bits per heavy atom. The Morgan fingerprint density at radius 2 is 1.59 bits per heavy atom. The Morgan fingerprint density at radius 3 is 2.30 bits per heavy atom. The highest BCUT2D eigenvalue weighted by Crippen LogP contribution is 2.25. The van der Waals surface area contributed by atoms with Gasteiger partial charge in [-0.2, -0.15) is 8.78 Å². The molecule has 0 saturated heterocycles. The van der Waals surface area contributed by atoms with Crippen LogP contribution in [0, 0.1) is 0 Å². The lowest BCUT2D eigenvalue weighted by atomic mass is 10.1. The molecule has 8 heteroatoms. The molecule has 142 valence electrons. The molecule has 0 spiro atoms. The molecule has 0 fully saturated rings. The topological polar surface area (TPSA) is 81.7 Å². The quantitative estimate of drug-likeness (QED) is 0.535. The number of hydrogen-bond acceptors (Lipinski definition) is 5. The van der Waals surface area contributed by atoms with Gasteiger partial charge in [0.05, 0.1) is 12.1 Å². The number of ketones is 1. The van der Waals surface area contributed by atoms with E-state index >= 15 is 0 Å². The summed E-state index contributed by atoms with van der Waals surface area (Å²) in [6, 6.07) is 14.1. The van der Waals surface area contributed by atoms with Crippen molar-refractivity contribution in [1.29, 1.82) is 0 Å². The number of para-hydroxylation sites is 2. The molecule has 0 aliphatic rings. The highest BCUT2D eigenvalue weighted by atomic mass is 19.3. The molecular weight excluding hydrogens is 360 g/mol. The lowest BCUT2D eigenvalue weighted by molar-refractivity contribution is -0.147.